The van der Waals surface area contributed by atoms with Gasteiger partial charge in [0, 0.05) is 25.3 Å². The number of ketones is 1. The fraction of sp³-hybridized carbons (Fsp3) is 0.389. The minimum absolute atomic E-state index is 0.00145. The van der Waals surface area contributed by atoms with Crippen LogP contribution in [0.1, 0.15) is 32.8 Å². The van der Waals surface area contributed by atoms with E-state index >= 15 is 0 Å². The van der Waals surface area contributed by atoms with Crippen molar-refractivity contribution in [2.75, 3.05) is 20.1 Å². The van der Waals surface area contributed by atoms with Gasteiger partial charge in [0.25, 0.3) is 5.91 Å². The number of nitrogens with one attached hydrogen (secondary N) is 2. The zero-order valence-corrected chi connectivity index (χ0v) is 16.4. The molecule has 3 rings (SSSR count). The average molecular weight is 415 g/mol. The number of carbonyl (C=O) groups is 3. The number of hydrogen-bond acceptors (Lipinski definition) is 8. The van der Waals surface area contributed by atoms with Crippen LogP contribution in [0.15, 0.2) is 24.4 Å². The van der Waals surface area contributed by atoms with Crippen LogP contribution in [-0.2, 0) is 17.8 Å². The van der Waals surface area contributed by atoms with Gasteiger partial charge in [0.1, 0.15) is 12.3 Å². The lowest BCUT2D eigenvalue weighted by Gasteiger charge is -2.27. The molecule has 0 unspecified atom stereocenters. The molecule has 1 aliphatic heterocycles. The highest BCUT2D eigenvalue weighted by molar-refractivity contribution is 6.47. The normalized spacial score (nSPS) is 15.3. The molecule has 12 heteroatoms. The van der Waals surface area contributed by atoms with E-state index in [4.69, 9.17) is 4.65 Å². The second-order valence-corrected chi connectivity index (χ2v) is 6.98. The van der Waals surface area contributed by atoms with Crippen LogP contribution in [-0.4, -0.2) is 70.0 Å². The van der Waals surface area contributed by atoms with Gasteiger partial charge in [-0.25, -0.2) is 9.48 Å². The van der Waals surface area contributed by atoms with E-state index in [0.29, 0.717) is 25.1 Å². The zero-order chi connectivity index (χ0) is 21.7. The lowest BCUT2D eigenvalue weighted by atomic mass is 9.64. The molecule has 4 N–H and O–H groups in total. The first-order chi connectivity index (χ1) is 14.4. The van der Waals surface area contributed by atoms with Crippen molar-refractivity contribution in [1.82, 2.24) is 25.6 Å². The van der Waals surface area contributed by atoms with Crippen molar-refractivity contribution in [3.63, 3.8) is 0 Å². The van der Waals surface area contributed by atoms with Crippen LogP contribution in [0.3, 0.4) is 0 Å². The van der Waals surface area contributed by atoms with E-state index in [9.17, 15) is 24.5 Å². The Labute approximate surface area is 172 Å². The Balaban J connectivity index is 1.59. The molecule has 0 saturated heterocycles. The summed E-state index contributed by atoms with van der Waals surface area (Å²) in [4.78, 5) is 35.7. The molecule has 1 aliphatic rings. The van der Waals surface area contributed by atoms with Crippen molar-refractivity contribution >= 4 is 24.8 Å². The number of Topliss-reactive ketones (excluding diaryl/α,β-unsaturated/α-hetero) is 1. The second-order valence-electron chi connectivity index (χ2n) is 6.98. The molecule has 0 aliphatic carbocycles. The van der Waals surface area contributed by atoms with Gasteiger partial charge in [0.2, 0.25) is 0 Å². The number of nitrogens with zero attached hydrogens (tertiary/aromatic N) is 3. The quantitative estimate of drug-likeness (QED) is 0.309. The predicted octanol–water partition coefficient (Wildman–Crippen LogP) is -0.629. The van der Waals surface area contributed by atoms with Gasteiger partial charge in [-0.3, -0.25) is 9.59 Å². The molecule has 0 radical (unpaired) electrons. The number of aromatic carboxylic acids is 1. The molecule has 1 aromatic carbocycles. The number of carboxylic acid groups (broad SMARTS) is 1. The molecule has 0 bridgehead atoms. The van der Waals surface area contributed by atoms with Crippen LogP contribution < -0.4 is 15.3 Å². The standard InChI is InChI=1S/C18H22BN5O6/c1-20-5-6-21-17(26)15-10-24(23-22-15)9-13(25)8-12-7-11-3-2-4-14(18(27)28)16(11)30-19(12)29/h2-4,10,12,20,29H,5-9H2,1H3,(H,21,26)(H,27,28)/t12-/m1/s1. The van der Waals surface area contributed by atoms with Gasteiger partial charge in [-0.2, -0.15) is 0 Å². The van der Waals surface area contributed by atoms with Crippen molar-refractivity contribution in [2.45, 2.75) is 25.2 Å². The van der Waals surface area contributed by atoms with Crippen LogP contribution in [0.25, 0.3) is 0 Å². The Morgan fingerprint density at radius 2 is 2.13 bits per heavy atom. The Kier molecular flexibility index (Phi) is 6.80. The number of aromatic nitrogens is 3. The number of carboxylic acids is 1. The molecule has 11 nitrogen and oxygen atoms in total. The van der Waals surface area contributed by atoms with Gasteiger partial charge in [0.05, 0.1) is 11.8 Å². The van der Waals surface area contributed by atoms with Crippen molar-refractivity contribution in [3.05, 3.63) is 41.2 Å². The van der Waals surface area contributed by atoms with Crippen LogP contribution >= 0.6 is 0 Å². The maximum absolute atomic E-state index is 12.4. The average Bonchev–Trinajstić information content (AvgIpc) is 3.16. The summed E-state index contributed by atoms with van der Waals surface area (Å²) in [6.45, 7) is 0.940. The molecule has 2 heterocycles. The molecule has 2 aromatic rings. The minimum Gasteiger partial charge on any atom is -0.535 e. The number of rotatable bonds is 9. The molecule has 30 heavy (non-hydrogen) atoms. The monoisotopic (exact) mass is 415 g/mol. The smallest absolute Gasteiger partial charge is 0.526 e. The molecule has 1 aromatic heterocycles. The summed E-state index contributed by atoms with van der Waals surface area (Å²) in [5.41, 5.74) is 0.703. The summed E-state index contributed by atoms with van der Waals surface area (Å²) < 4.78 is 6.67. The Morgan fingerprint density at radius 3 is 2.87 bits per heavy atom. The van der Waals surface area contributed by atoms with Crippen LogP contribution in [0.2, 0.25) is 5.82 Å². The first-order valence-electron chi connectivity index (χ1n) is 9.43. The molecule has 1 atom stereocenters. The van der Waals surface area contributed by atoms with Crippen molar-refractivity contribution in [2.24, 2.45) is 0 Å². The number of hydrogen-bond donors (Lipinski definition) is 4. The van der Waals surface area contributed by atoms with E-state index in [0.717, 1.165) is 0 Å². The van der Waals surface area contributed by atoms with Gasteiger partial charge in [-0.1, -0.05) is 17.3 Å². The summed E-state index contributed by atoms with van der Waals surface area (Å²) in [5, 5.41) is 32.6. The first-order valence-corrected chi connectivity index (χ1v) is 9.43. The summed E-state index contributed by atoms with van der Waals surface area (Å²) in [6, 6.07) is 4.71. The minimum atomic E-state index is -1.30. The molecule has 1 amide bonds. The number of likely N-dealkylation sites (N-methyl/N-ethyl adjacent to an activating group) is 1. The highest BCUT2D eigenvalue weighted by Crippen LogP contribution is 2.36. The third kappa shape index (κ3) is 5.02. The Morgan fingerprint density at radius 1 is 1.33 bits per heavy atom. The maximum atomic E-state index is 12.4. The lowest BCUT2D eigenvalue weighted by Crippen LogP contribution is -2.36. The van der Waals surface area contributed by atoms with E-state index < -0.39 is 18.9 Å². The fourth-order valence-electron chi connectivity index (χ4n) is 3.24. The van der Waals surface area contributed by atoms with Gasteiger partial charge < -0.3 is 25.4 Å². The second kappa shape index (κ2) is 9.50. The number of para-hydroxylation sites is 1. The maximum Gasteiger partial charge on any atom is 0.526 e. The topological polar surface area (TPSA) is 156 Å². The van der Waals surface area contributed by atoms with Gasteiger partial charge in [-0.05, 0) is 25.1 Å². The molecular weight excluding hydrogens is 393 g/mol. The van der Waals surface area contributed by atoms with Gasteiger partial charge in [-0.15, -0.1) is 5.10 Å². The van der Waals surface area contributed by atoms with Gasteiger partial charge in [0.15, 0.2) is 11.5 Å². The summed E-state index contributed by atoms with van der Waals surface area (Å²) in [5.74, 6) is -2.16. The van der Waals surface area contributed by atoms with E-state index in [-0.39, 0.29) is 41.7 Å². The number of benzene rings is 1. The highest BCUT2D eigenvalue weighted by Gasteiger charge is 2.37. The lowest BCUT2D eigenvalue weighted by molar-refractivity contribution is -0.120. The molecular formula is C18H22BN5O6. The Bertz CT molecular complexity index is 949. The zero-order valence-electron chi connectivity index (χ0n) is 16.4. The summed E-state index contributed by atoms with van der Waals surface area (Å²) in [6.07, 6.45) is 1.69. The van der Waals surface area contributed by atoms with Crippen molar-refractivity contribution in [1.29, 1.82) is 0 Å². The molecule has 0 fully saturated rings. The SMILES string of the molecule is CNCCNC(=O)c1cn(CC(=O)C[C@H]2Cc3cccc(C(=O)O)c3OB2O)nn1. The third-order valence-corrected chi connectivity index (χ3v) is 4.71. The van der Waals surface area contributed by atoms with E-state index in [1.54, 1.807) is 19.2 Å². The molecule has 0 saturated carbocycles. The molecule has 158 valence electrons. The number of amides is 1. The highest BCUT2D eigenvalue weighted by atomic mass is 16.5. The van der Waals surface area contributed by atoms with Crippen LogP contribution in [0, 0.1) is 0 Å². The van der Waals surface area contributed by atoms with Crippen molar-refractivity contribution < 1.29 is 29.2 Å². The molecule has 0 spiro atoms. The summed E-state index contributed by atoms with van der Waals surface area (Å²) >= 11 is 0. The largest absolute Gasteiger partial charge is 0.535 e. The fourth-order valence-corrected chi connectivity index (χ4v) is 3.24. The van der Waals surface area contributed by atoms with Crippen LogP contribution in [0.5, 0.6) is 5.75 Å². The van der Waals surface area contributed by atoms with E-state index in [1.165, 1.54) is 16.9 Å². The summed E-state index contributed by atoms with van der Waals surface area (Å²) in [7, 11) is 0.470. The van der Waals surface area contributed by atoms with E-state index in [1.807, 2.05) is 0 Å². The third-order valence-electron chi connectivity index (χ3n) is 4.71. The van der Waals surface area contributed by atoms with Crippen molar-refractivity contribution in [3.8, 4) is 5.75 Å². The Hall–Kier alpha value is -3.25. The first kappa shape index (κ1) is 21.5. The number of fused-ring (bicyclic) bond motifs is 1. The van der Waals surface area contributed by atoms with Gasteiger partial charge >= 0.3 is 13.1 Å². The van der Waals surface area contributed by atoms with E-state index in [2.05, 4.69) is 20.9 Å². The number of carbonyl (C=O) groups excluding carboxylic acids is 2. The predicted molar refractivity (Wildman–Crippen MR) is 105 cm³/mol. The van der Waals surface area contributed by atoms with Crippen LogP contribution in [0.4, 0.5) is 0 Å².